The molecule has 0 spiro atoms. The van der Waals surface area contributed by atoms with Crippen LogP contribution in [0, 0.1) is 11.3 Å². The Morgan fingerprint density at radius 3 is 3.33 bits per heavy atom. The van der Waals surface area contributed by atoms with E-state index in [0.717, 1.165) is 0 Å². The number of hydrogen-bond acceptors (Lipinski definition) is 3. The van der Waals surface area contributed by atoms with Crippen molar-refractivity contribution >= 4 is 6.21 Å². The van der Waals surface area contributed by atoms with Crippen LogP contribution in [0.2, 0.25) is 0 Å². The van der Waals surface area contributed by atoms with Crippen LogP contribution in [-0.2, 0) is 0 Å². The molecule has 0 bridgehead atoms. The Balaban J connectivity index is 2.78. The largest absolute Gasteiger partial charge is 0.365 e. The molecule has 0 aromatic carbocycles. The van der Waals surface area contributed by atoms with Crippen molar-refractivity contribution in [2.45, 2.75) is 0 Å². The van der Waals surface area contributed by atoms with E-state index in [4.69, 9.17) is 5.26 Å². The second-order valence-electron chi connectivity index (χ2n) is 1.47. The number of allylic oxidation sites excluding steroid dienone is 1. The van der Waals surface area contributed by atoms with Crippen molar-refractivity contribution in [1.29, 1.82) is 5.26 Å². The number of rotatable bonds is 0. The average Bonchev–Trinajstić information content (AvgIpc) is 2.13. The second kappa shape index (κ2) is 2.68. The zero-order valence-electron chi connectivity index (χ0n) is 4.70. The molecule has 0 saturated heterocycles. The maximum Gasteiger partial charge on any atom is 0.102 e. The number of nitrogens with one attached hydrogen (secondary N) is 1. The zero-order chi connectivity index (χ0) is 6.53. The van der Waals surface area contributed by atoms with Crippen LogP contribution in [0.25, 0.3) is 0 Å². The molecule has 0 aromatic heterocycles. The van der Waals surface area contributed by atoms with E-state index in [-0.39, 0.29) is 0 Å². The van der Waals surface area contributed by atoms with E-state index < -0.39 is 0 Å². The maximum absolute atomic E-state index is 8.34. The van der Waals surface area contributed by atoms with Crippen LogP contribution in [-0.4, -0.2) is 6.21 Å². The Morgan fingerprint density at radius 2 is 2.56 bits per heavy atom. The van der Waals surface area contributed by atoms with Gasteiger partial charge in [-0.25, -0.2) is 0 Å². The summed E-state index contributed by atoms with van der Waals surface area (Å²) < 4.78 is 0. The summed E-state index contributed by atoms with van der Waals surface area (Å²) in [6.45, 7) is 0. The first-order chi connectivity index (χ1) is 4.43. The molecule has 1 aliphatic rings. The molecule has 1 heterocycles. The molecule has 3 nitrogen and oxygen atoms in total. The van der Waals surface area contributed by atoms with Crippen molar-refractivity contribution in [1.82, 2.24) is 5.32 Å². The Hall–Kier alpha value is -1.56. The number of hydrogen-bond donors (Lipinski definition) is 1. The summed E-state index contributed by atoms with van der Waals surface area (Å²) >= 11 is 0. The second-order valence-corrected chi connectivity index (χ2v) is 1.47. The van der Waals surface area contributed by atoms with Crippen molar-refractivity contribution in [2.24, 2.45) is 4.99 Å². The molecular weight excluding hydrogens is 114 g/mol. The summed E-state index contributed by atoms with van der Waals surface area (Å²) in [6.07, 6.45) is 6.32. The van der Waals surface area contributed by atoms with Crippen LogP contribution in [0.15, 0.2) is 29.2 Å². The highest BCUT2D eigenvalue weighted by molar-refractivity contribution is 5.84. The van der Waals surface area contributed by atoms with Crippen LogP contribution < -0.4 is 5.32 Å². The molecule has 1 aliphatic heterocycles. The highest BCUT2D eigenvalue weighted by Crippen LogP contribution is 1.88. The lowest BCUT2D eigenvalue weighted by molar-refractivity contribution is 1.19. The topological polar surface area (TPSA) is 48.2 Å². The summed E-state index contributed by atoms with van der Waals surface area (Å²) in [5, 5.41) is 11.1. The third kappa shape index (κ3) is 1.42. The molecule has 0 amide bonds. The molecule has 0 saturated carbocycles. The van der Waals surface area contributed by atoms with Gasteiger partial charge in [0.05, 0.1) is 5.57 Å². The van der Waals surface area contributed by atoms with Crippen molar-refractivity contribution in [2.75, 3.05) is 0 Å². The number of aliphatic imine (C=N–C) groups is 1. The van der Waals surface area contributed by atoms with Gasteiger partial charge in [-0.2, -0.15) is 5.26 Å². The minimum absolute atomic E-state index is 0.528. The van der Waals surface area contributed by atoms with Gasteiger partial charge in [-0.1, -0.05) is 0 Å². The monoisotopic (exact) mass is 119 g/mol. The first-order valence-electron chi connectivity index (χ1n) is 2.48. The summed E-state index contributed by atoms with van der Waals surface area (Å²) in [6, 6.07) is 1.95. The smallest absolute Gasteiger partial charge is 0.102 e. The summed E-state index contributed by atoms with van der Waals surface area (Å²) in [7, 11) is 0. The molecule has 3 heteroatoms. The standard InChI is InChI=1S/C6H5N3/c7-3-6-4-8-1-2-9-5-6/h1-2,4-5,8H. The van der Waals surface area contributed by atoms with Gasteiger partial charge in [0.25, 0.3) is 0 Å². The fourth-order valence-corrected chi connectivity index (χ4v) is 0.446. The summed E-state index contributed by atoms with van der Waals surface area (Å²) in [5.74, 6) is 0. The van der Waals surface area contributed by atoms with Crippen molar-refractivity contribution in [3.8, 4) is 6.07 Å². The van der Waals surface area contributed by atoms with E-state index in [9.17, 15) is 0 Å². The third-order valence-electron chi connectivity index (χ3n) is 0.838. The molecule has 0 atom stereocenters. The van der Waals surface area contributed by atoms with Gasteiger partial charge in [-0.15, -0.1) is 0 Å². The van der Waals surface area contributed by atoms with Gasteiger partial charge in [-0.05, 0) is 0 Å². The van der Waals surface area contributed by atoms with Gasteiger partial charge < -0.3 is 5.32 Å². The van der Waals surface area contributed by atoms with E-state index in [1.165, 1.54) is 6.21 Å². The first kappa shape index (κ1) is 5.57. The maximum atomic E-state index is 8.34. The van der Waals surface area contributed by atoms with E-state index in [1.54, 1.807) is 18.6 Å². The molecular formula is C6H5N3. The normalized spacial score (nSPS) is 15.2. The lowest BCUT2D eigenvalue weighted by atomic mass is 10.3. The predicted molar refractivity (Wildman–Crippen MR) is 34.5 cm³/mol. The first-order valence-corrected chi connectivity index (χ1v) is 2.48. The molecule has 1 N–H and O–H groups in total. The van der Waals surface area contributed by atoms with Crippen molar-refractivity contribution in [3.05, 3.63) is 24.2 Å². The molecule has 9 heavy (non-hydrogen) atoms. The lowest BCUT2D eigenvalue weighted by Gasteiger charge is -1.82. The fourth-order valence-electron chi connectivity index (χ4n) is 0.446. The Morgan fingerprint density at radius 1 is 1.67 bits per heavy atom. The Labute approximate surface area is 53.0 Å². The minimum Gasteiger partial charge on any atom is -0.365 e. The van der Waals surface area contributed by atoms with Gasteiger partial charge in [0.15, 0.2) is 0 Å². The quantitative estimate of drug-likeness (QED) is 0.506. The average molecular weight is 119 g/mol. The summed E-state index contributed by atoms with van der Waals surface area (Å²) in [4.78, 5) is 3.76. The SMILES string of the molecule is N#CC1=CNC=CN=C1. The molecule has 0 aliphatic carbocycles. The Kier molecular flexibility index (Phi) is 1.66. The predicted octanol–water partition coefficient (Wildman–Crippen LogP) is 0.539. The van der Waals surface area contributed by atoms with Crippen molar-refractivity contribution < 1.29 is 0 Å². The highest BCUT2D eigenvalue weighted by Gasteiger charge is 1.87. The molecule has 0 aromatic rings. The van der Waals surface area contributed by atoms with Crippen LogP contribution in [0.5, 0.6) is 0 Å². The zero-order valence-corrected chi connectivity index (χ0v) is 4.70. The van der Waals surface area contributed by atoms with E-state index in [1.807, 2.05) is 6.07 Å². The van der Waals surface area contributed by atoms with Crippen LogP contribution in [0.4, 0.5) is 0 Å². The van der Waals surface area contributed by atoms with E-state index in [2.05, 4.69) is 10.3 Å². The van der Waals surface area contributed by atoms with Gasteiger partial charge >= 0.3 is 0 Å². The minimum atomic E-state index is 0.528. The van der Waals surface area contributed by atoms with Crippen molar-refractivity contribution in [3.63, 3.8) is 0 Å². The summed E-state index contributed by atoms with van der Waals surface area (Å²) in [5.41, 5.74) is 0.528. The molecule has 0 fully saturated rings. The molecule has 0 unspecified atom stereocenters. The molecule has 1 rings (SSSR count). The van der Waals surface area contributed by atoms with Crippen LogP contribution in [0.3, 0.4) is 0 Å². The van der Waals surface area contributed by atoms with Gasteiger partial charge in [0.2, 0.25) is 0 Å². The lowest BCUT2D eigenvalue weighted by Crippen LogP contribution is -1.92. The number of nitriles is 1. The highest BCUT2D eigenvalue weighted by atomic mass is 14.8. The number of nitrogens with zero attached hydrogens (tertiary/aromatic N) is 2. The molecule has 0 radical (unpaired) electrons. The van der Waals surface area contributed by atoms with Crippen LogP contribution >= 0.6 is 0 Å². The van der Waals surface area contributed by atoms with Gasteiger partial charge in [-0.3, -0.25) is 4.99 Å². The van der Waals surface area contributed by atoms with Crippen LogP contribution in [0.1, 0.15) is 0 Å². The molecule has 44 valence electrons. The van der Waals surface area contributed by atoms with Gasteiger partial charge in [0.1, 0.15) is 6.07 Å². The van der Waals surface area contributed by atoms with Gasteiger partial charge in [0, 0.05) is 24.8 Å². The Bertz CT molecular complexity index is 217. The third-order valence-corrected chi connectivity index (χ3v) is 0.838. The van der Waals surface area contributed by atoms with E-state index in [0.29, 0.717) is 5.57 Å². The fraction of sp³-hybridized carbons (Fsp3) is 0. The van der Waals surface area contributed by atoms with E-state index >= 15 is 0 Å².